The van der Waals surface area contributed by atoms with Crippen LogP contribution in [0.1, 0.15) is 27.0 Å². The van der Waals surface area contributed by atoms with Crippen LogP contribution in [-0.2, 0) is 4.79 Å². The number of nitrogens with zero attached hydrogens (tertiary/aromatic N) is 6. The summed E-state index contributed by atoms with van der Waals surface area (Å²) in [4.78, 5) is 57.6. The molecule has 47 heavy (non-hydrogen) atoms. The molecule has 0 spiro atoms. The molecule has 1 unspecified atom stereocenters. The molecule has 5 aromatic rings. The van der Waals surface area contributed by atoms with Crippen LogP contribution < -0.4 is 15.5 Å². The Labute approximate surface area is 265 Å². The molecule has 1 atom stereocenters. The minimum absolute atomic E-state index is 0.00497. The molecule has 234 valence electrons. The van der Waals surface area contributed by atoms with Gasteiger partial charge in [-0.25, -0.2) is 14.2 Å². The lowest BCUT2D eigenvalue weighted by Crippen LogP contribution is -2.50. The number of para-hydroxylation sites is 1. The van der Waals surface area contributed by atoms with E-state index in [2.05, 4.69) is 36.3 Å². The van der Waals surface area contributed by atoms with E-state index in [-0.39, 0.29) is 28.2 Å². The van der Waals surface area contributed by atoms with Gasteiger partial charge in [0, 0.05) is 40.1 Å². The van der Waals surface area contributed by atoms with Crippen molar-refractivity contribution < 1.29 is 23.7 Å². The fraction of sp³-hybridized carbons (Fsp3) is 0.0938. The monoisotopic (exact) mass is 633 g/mol. The average Bonchev–Trinajstić information content (AvgIpc) is 3.58. The summed E-state index contributed by atoms with van der Waals surface area (Å²) in [5.41, 5.74) is 1.92. The van der Waals surface area contributed by atoms with Gasteiger partial charge in [0.25, 0.3) is 11.6 Å². The number of aliphatic imine (C=N–C) groups is 1. The number of nitro benzene ring substituents is 1. The zero-order valence-corrected chi connectivity index (χ0v) is 24.5. The van der Waals surface area contributed by atoms with E-state index < -0.39 is 41.2 Å². The van der Waals surface area contributed by atoms with Crippen LogP contribution in [-0.4, -0.2) is 61.7 Å². The number of tetrazole rings is 1. The standard InChI is InChI=1S/C32H24FN9O5/c1-18-7-4-13-24-27(23-12-2-3-14-25(23)33)35-30(36-32(45)34-21-10-5-9-20(15-21)29-37-39-40-38-29)31(44)41(28(18)24)17-26(43)19-8-6-11-22(16-19)42(46)47/h2-16,30H,17H2,1H3,(H2,34,36,45)(H,37,38,39,40). The molecular weight excluding hydrogens is 609 g/mol. The van der Waals surface area contributed by atoms with Crippen molar-refractivity contribution >= 4 is 40.5 Å². The molecule has 1 aliphatic heterocycles. The summed E-state index contributed by atoms with van der Waals surface area (Å²) in [7, 11) is 0. The molecule has 0 bridgehead atoms. The molecular formula is C32H24FN9O5. The van der Waals surface area contributed by atoms with Gasteiger partial charge in [-0.15, -0.1) is 10.2 Å². The van der Waals surface area contributed by atoms with Crippen LogP contribution in [0, 0.1) is 22.9 Å². The van der Waals surface area contributed by atoms with Crippen molar-refractivity contribution in [3.63, 3.8) is 0 Å². The molecule has 0 saturated heterocycles. The first-order valence-corrected chi connectivity index (χ1v) is 14.1. The van der Waals surface area contributed by atoms with Crippen LogP contribution in [0.2, 0.25) is 0 Å². The summed E-state index contributed by atoms with van der Waals surface area (Å²) in [5.74, 6) is -1.72. The quantitative estimate of drug-likeness (QED) is 0.127. The number of aromatic nitrogens is 4. The Morgan fingerprint density at radius 1 is 1.00 bits per heavy atom. The maximum atomic E-state index is 15.3. The molecule has 2 heterocycles. The van der Waals surface area contributed by atoms with Crippen molar-refractivity contribution in [1.29, 1.82) is 0 Å². The Hall–Kier alpha value is -6.64. The Bertz CT molecular complexity index is 2070. The van der Waals surface area contributed by atoms with Gasteiger partial charge in [-0.05, 0) is 42.0 Å². The van der Waals surface area contributed by atoms with E-state index in [1.807, 2.05) is 0 Å². The Morgan fingerprint density at radius 2 is 1.77 bits per heavy atom. The predicted octanol–water partition coefficient (Wildman–Crippen LogP) is 4.44. The van der Waals surface area contributed by atoms with E-state index in [1.165, 1.54) is 36.4 Å². The molecule has 3 amide bonds. The number of aromatic amines is 1. The Balaban J connectivity index is 1.39. The van der Waals surface area contributed by atoms with Crippen LogP contribution in [0.4, 0.5) is 26.2 Å². The highest BCUT2D eigenvalue weighted by Gasteiger charge is 2.36. The number of Topliss-reactive ketones (excluding diaryl/α,β-unsaturated/α-hetero) is 1. The van der Waals surface area contributed by atoms with E-state index in [0.717, 1.165) is 11.0 Å². The summed E-state index contributed by atoms with van der Waals surface area (Å²) in [5, 5.41) is 30.3. The molecule has 3 N–H and O–H groups in total. The zero-order chi connectivity index (χ0) is 33.1. The number of hydrogen-bond acceptors (Lipinski definition) is 9. The third-order valence-corrected chi connectivity index (χ3v) is 7.32. The highest BCUT2D eigenvalue weighted by molar-refractivity contribution is 6.22. The molecule has 0 radical (unpaired) electrons. The van der Waals surface area contributed by atoms with Gasteiger partial charge < -0.3 is 15.5 Å². The zero-order valence-electron chi connectivity index (χ0n) is 24.5. The SMILES string of the molecule is Cc1cccc2c1N(CC(=O)c1cccc([N+](=O)[O-])c1)C(=O)C(NC(=O)Nc1cccc(-c3nn[nH]n3)c1)N=C2c1ccccc1F. The lowest BCUT2D eigenvalue weighted by Gasteiger charge is -2.26. The van der Waals surface area contributed by atoms with Crippen molar-refractivity contribution in [3.8, 4) is 11.4 Å². The normalized spacial score (nSPS) is 14.1. The van der Waals surface area contributed by atoms with E-state index in [0.29, 0.717) is 28.2 Å². The first-order chi connectivity index (χ1) is 22.7. The maximum absolute atomic E-state index is 15.3. The van der Waals surface area contributed by atoms with Gasteiger partial charge >= 0.3 is 6.03 Å². The second-order valence-electron chi connectivity index (χ2n) is 10.4. The Morgan fingerprint density at radius 3 is 2.53 bits per heavy atom. The van der Waals surface area contributed by atoms with Gasteiger partial charge in [0.05, 0.1) is 22.9 Å². The van der Waals surface area contributed by atoms with E-state index in [1.54, 1.807) is 55.5 Å². The van der Waals surface area contributed by atoms with Crippen LogP contribution in [0.25, 0.3) is 11.4 Å². The molecule has 0 saturated carbocycles. The van der Waals surface area contributed by atoms with Gasteiger partial charge in [-0.2, -0.15) is 5.21 Å². The van der Waals surface area contributed by atoms with Gasteiger partial charge in [0.1, 0.15) is 5.82 Å². The number of non-ortho nitro benzene ring substituents is 1. The van der Waals surface area contributed by atoms with Crippen LogP contribution >= 0.6 is 0 Å². The van der Waals surface area contributed by atoms with Crippen molar-refractivity contribution in [3.05, 3.63) is 129 Å². The molecule has 15 heteroatoms. The van der Waals surface area contributed by atoms with E-state index in [4.69, 9.17) is 0 Å². The minimum Gasteiger partial charge on any atom is -0.308 e. The number of benzodiazepines with no additional fused rings is 1. The number of nitrogens with one attached hydrogen (secondary N) is 3. The smallest absolute Gasteiger partial charge is 0.308 e. The highest BCUT2D eigenvalue weighted by atomic mass is 19.1. The third-order valence-electron chi connectivity index (χ3n) is 7.32. The molecule has 1 aromatic heterocycles. The number of H-pyrrole nitrogens is 1. The summed E-state index contributed by atoms with van der Waals surface area (Å²) >= 11 is 0. The molecule has 14 nitrogen and oxygen atoms in total. The second kappa shape index (κ2) is 12.8. The number of nitro groups is 1. The van der Waals surface area contributed by atoms with Crippen molar-refractivity contribution in [1.82, 2.24) is 25.9 Å². The molecule has 0 aliphatic carbocycles. The number of fused-ring (bicyclic) bond motifs is 1. The van der Waals surface area contributed by atoms with E-state index in [9.17, 15) is 24.5 Å². The number of aryl methyl sites for hydroxylation is 1. The molecule has 0 fully saturated rings. The number of halogens is 1. The summed E-state index contributed by atoms with van der Waals surface area (Å²) in [6.07, 6.45) is -1.62. The maximum Gasteiger partial charge on any atom is 0.321 e. The largest absolute Gasteiger partial charge is 0.321 e. The Kier molecular flexibility index (Phi) is 8.25. The minimum atomic E-state index is -1.62. The van der Waals surface area contributed by atoms with Gasteiger partial charge in [-0.3, -0.25) is 19.7 Å². The van der Waals surface area contributed by atoms with Crippen LogP contribution in [0.3, 0.4) is 0 Å². The second-order valence-corrected chi connectivity index (χ2v) is 10.4. The third kappa shape index (κ3) is 6.30. The fourth-order valence-corrected chi connectivity index (χ4v) is 5.18. The van der Waals surface area contributed by atoms with Crippen LogP contribution in [0.5, 0.6) is 0 Å². The lowest BCUT2D eigenvalue weighted by atomic mass is 9.97. The number of hydrogen-bond donors (Lipinski definition) is 3. The number of carbonyl (C=O) groups is 3. The fourth-order valence-electron chi connectivity index (χ4n) is 5.18. The first kappa shape index (κ1) is 30.4. The number of amides is 3. The predicted molar refractivity (Wildman–Crippen MR) is 169 cm³/mol. The number of anilines is 2. The average molecular weight is 634 g/mol. The van der Waals surface area contributed by atoms with Crippen molar-refractivity contribution in [2.45, 2.75) is 13.1 Å². The number of ketones is 1. The van der Waals surface area contributed by atoms with Gasteiger partial charge in [-0.1, -0.05) is 54.6 Å². The highest BCUT2D eigenvalue weighted by Crippen LogP contribution is 2.32. The molecule has 4 aromatic carbocycles. The van der Waals surface area contributed by atoms with Gasteiger partial charge in [0.15, 0.2) is 5.78 Å². The molecule has 1 aliphatic rings. The lowest BCUT2D eigenvalue weighted by molar-refractivity contribution is -0.384. The summed E-state index contributed by atoms with van der Waals surface area (Å²) in [6, 6.07) is 21.8. The van der Waals surface area contributed by atoms with Crippen molar-refractivity contribution in [2.75, 3.05) is 16.8 Å². The number of benzene rings is 4. The number of urea groups is 1. The molecule has 6 rings (SSSR count). The van der Waals surface area contributed by atoms with E-state index >= 15 is 4.39 Å². The number of rotatable bonds is 8. The topological polar surface area (TPSA) is 188 Å². The number of carbonyl (C=O) groups excluding carboxylic acids is 3. The van der Waals surface area contributed by atoms with Crippen molar-refractivity contribution in [2.24, 2.45) is 4.99 Å². The summed E-state index contributed by atoms with van der Waals surface area (Å²) in [6.45, 7) is 1.16. The van der Waals surface area contributed by atoms with Gasteiger partial charge in [0.2, 0.25) is 12.0 Å². The van der Waals surface area contributed by atoms with Crippen LogP contribution in [0.15, 0.2) is 96.0 Å². The first-order valence-electron chi connectivity index (χ1n) is 14.1. The summed E-state index contributed by atoms with van der Waals surface area (Å²) < 4.78 is 15.3.